The molecule has 0 aliphatic rings. The summed E-state index contributed by atoms with van der Waals surface area (Å²) in [6.07, 6.45) is 0. The fraction of sp³-hybridized carbons (Fsp3) is 0.0476. The number of benzene rings is 7. The monoisotopic (exact) mass is 551 g/mol. The van der Waals surface area contributed by atoms with Gasteiger partial charge in [-0.15, -0.1) is 0 Å². The zero-order valence-corrected chi connectivity index (χ0v) is 24.6. The fourth-order valence-electron chi connectivity index (χ4n) is 6.26. The molecule has 0 aromatic heterocycles. The lowest BCUT2D eigenvalue weighted by molar-refractivity contribution is 1.26. The molecule has 0 saturated carbocycles. The molecule has 206 valence electrons. The number of hydrogen-bond donors (Lipinski definition) is 0. The molecule has 0 aliphatic heterocycles. The third-order valence-electron chi connectivity index (χ3n) is 8.42. The largest absolute Gasteiger partial charge is 0.310 e. The van der Waals surface area contributed by atoms with Gasteiger partial charge in [-0.25, -0.2) is 0 Å². The number of aryl methyl sites for hydroxylation is 2. The first-order valence-electron chi connectivity index (χ1n) is 14.8. The highest BCUT2D eigenvalue weighted by Gasteiger charge is 2.19. The second-order valence-corrected chi connectivity index (χ2v) is 11.2. The van der Waals surface area contributed by atoms with E-state index < -0.39 is 0 Å². The van der Waals surface area contributed by atoms with Crippen LogP contribution in [0, 0.1) is 13.8 Å². The van der Waals surface area contributed by atoms with Gasteiger partial charge in [0.25, 0.3) is 0 Å². The summed E-state index contributed by atoms with van der Waals surface area (Å²) in [5.41, 5.74) is 11.7. The molecule has 0 spiro atoms. The minimum absolute atomic E-state index is 0.945. The first-order valence-corrected chi connectivity index (χ1v) is 14.8. The van der Waals surface area contributed by atoms with Crippen LogP contribution in [0.2, 0.25) is 0 Å². The molecule has 7 aromatic carbocycles. The van der Waals surface area contributed by atoms with E-state index in [1.165, 1.54) is 54.9 Å². The molecule has 7 aromatic rings. The van der Waals surface area contributed by atoms with Crippen molar-refractivity contribution in [2.24, 2.45) is 0 Å². The molecule has 7 rings (SSSR count). The standard InChI is InChI=1S/C42H33N/c1-29-21-23-33(24-22-29)41-36-16-8-10-18-38(36)42(39-19-11-9-17-37(39)41)34-25-27-35(28-26-34)43(40-20-12-7-13-30(40)2)31(3)32-14-5-4-6-15-32/h4-28H,3H2,1-2H3. The van der Waals surface area contributed by atoms with Crippen molar-refractivity contribution >= 4 is 38.6 Å². The normalized spacial score (nSPS) is 11.1. The van der Waals surface area contributed by atoms with Crippen LogP contribution in [0.15, 0.2) is 158 Å². The molecule has 1 heteroatoms. The Balaban J connectivity index is 1.41. The molecule has 0 aliphatic carbocycles. The summed E-state index contributed by atoms with van der Waals surface area (Å²) in [6, 6.07) is 54.5. The summed E-state index contributed by atoms with van der Waals surface area (Å²) in [4.78, 5) is 2.27. The predicted molar refractivity (Wildman–Crippen MR) is 186 cm³/mol. The van der Waals surface area contributed by atoms with Crippen LogP contribution in [0.3, 0.4) is 0 Å². The average Bonchev–Trinajstić information content (AvgIpc) is 3.06. The van der Waals surface area contributed by atoms with Crippen LogP contribution in [-0.2, 0) is 0 Å². The summed E-state index contributed by atoms with van der Waals surface area (Å²) in [5.74, 6) is 0. The van der Waals surface area contributed by atoms with Gasteiger partial charge < -0.3 is 4.90 Å². The Morgan fingerprint density at radius 1 is 0.465 bits per heavy atom. The Kier molecular flexibility index (Phi) is 6.85. The molecule has 0 radical (unpaired) electrons. The summed E-state index contributed by atoms with van der Waals surface area (Å²) in [6.45, 7) is 8.85. The van der Waals surface area contributed by atoms with Gasteiger partial charge in [0.05, 0.1) is 0 Å². The van der Waals surface area contributed by atoms with Crippen molar-refractivity contribution in [3.8, 4) is 22.3 Å². The Bertz CT molecular complexity index is 2030. The summed E-state index contributed by atoms with van der Waals surface area (Å²) < 4.78 is 0. The van der Waals surface area contributed by atoms with Crippen molar-refractivity contribution in [2.75, 3.05) is 4.90 Å². The van der Waals surface area contributed by atoms with Crippen molar-refractivity contribution in [3.63, 3.8) is 0 Å². The van der Waals surface area contributed by atoms with Crippen LogP contribution >= 0.6 is 0 Å². The number of hydrogen-bond acceptors (Lipinski definition) is 1. The smallest absolute Gasteiger partial charge is 0.0490 e. The first kappa shape index (κ1) is 26.5. The zero-order valence-electron chi connectivity index (χ0n) is 24.6. The van der Waals surface area contributed by atoms with E-state index in [-0.39, 0.29) is 0 Å². The second-order valence-electron chi connectivity index (χ2n) is 11.2. The van der Waals surface area contributed by atoms with E-state index >= 15 is 0 Å². The van der Waals surface area contributed by atoms with Gasteiger partial charge in [-0.05, 0) is 87.0 Å². The molecular weight excluding hydrogens is 518 g/mol. The van der Waals surface area contributed by atoms with Crippen LogP contribution < -0.4 is 4.90 Å². The van der Waals surface area contributed by atoms with Gasteiger partial charge in [0.15, 0.2) is 0 Å². The highest BCUT2D eigenvalue weighted by molar-refractivity contribution is 6.21. The van der Waals surface area contributed by atoms with Crippen molar-refractivity contribution in [1.82, 2.24) is 0 Å². The first-order chi connectivity index (χ1) is 21.1. The highest BCUT2D eigenvalue weighted by Crippen LogP contribution is 2.44. The highest BCUT2D eigenvalue weighted by atomic mass is 15.1. The van der Waals surface area contributed by atoms with E-state index in [2.05, 4.69) is 171 Å². The maximum atomic E-state index is 4.55. The molecule has 1 nitrogen and oxygen atoms in total. The lowest BCUT2D eigenvalue weighted by Gasteiger charge is -2.29. The van der Waals surface area contributed by atoms with Crippen LogP contribution in [-0.4, -0.2) is 0 Å². The summed E-state index contributed by atoms with van der Waals surface area (Å²) >= 11 is 0. The summed E-state index contributed by atoms with van der Waals surface area (Å²) in [5, 5.41) is 5.05. The van der Waals surface area contributed by atoms with Gasteiger partial charge in [0.1, 0.15) is 0 Å². The molecule has 0 amide bonds. The van der Waals surface area contributed by atoms with E-state index in [4.69, 9.17) is 0 Å². The lowest BCUT2D eigenvalue weighted by Crippen LogP contribution is -2.15. The number of para-hydroxylation sites is 1. The SMILES string of the molecule is C=C(c1ccccc1)N(c1ccc(-c2c3ccccc3c(-c3ccc(C)cc3)c3ccccc23)cc1)c1ccccc1C. The number of rotatable bonds is 6. The van der Waals surface area contributed by atoms with E-state index in [9.17, 15) is 0 Å². The minimum Gasteiger partial charge on any atom is -0.310 e. The van der Waals surface area contributed by atoms with E-state index in [1.807, 2.05) is 6.07 Å². The second kappa shape index (κ2) is 11.1. The topological polar surface area (TPSA) is 3.24 Å². The molecule has 0 N–H and O–H groups in total. The maximum Gasteiger partial charge on any atom is 0.0490 e. The zero-order chi connectivity index (χ0) is 29.3. The fourth-order valence-corrected chi connectivity index (χ4v) is 6.26. The Labute approximate surface area is 254 Å². The van der Waals surface area contributed by atoms with Crippen molar-refractivity contribution in [2.45, 2.75) is 13.8 Å². The van der Waals surface area contributed by atoms with Crippen molar-refractivity contribution in [1.29, 1.82) is 0 Å². The van der Waals surface area contributed by atoms with Crippen LogP contribution in [0.1, 0.15) is 16.7 Å². The molecule has 0 saturated heterocycles. The van der Waals surface area contributed by atoms with E-state index in [0.717, 1.165) is 22.6 Å². The van der Waals surface area contributed by atoms with E-state index in [0.29, 0.717) is 0 Å². The van der Waals surface area contributed by atoms with Crippen LogP contribution in [0.5, 0.6) is 0 Å². The minimum atomic E-state index is 0.945. The molecule has 0 bridgehead atoms. The number of nitrogens with zero attached hydrogens (tertiary/aromatic N) is 1. The van der Waals surface area contributed by atoms with Gasteiger partial charge in [-0.3, -0.25) is 0 Å². The third-order valence-corrected chi connectivity index (χ3v) is 8.42. The van der Waals surface area contributed by atoms with Crippen LogP contribution in [0.25, 0.3) is 49.5 Å². The van der Waals surface area contributed by atoms with Gasteiger partial charge in [0, 0.05) is 17.1 Å². The Morgan fingerprint density at radius 2 is 0.907 bits per heavy atom. The van der Waals surface area contributed by atoms with Gasteiger partial charge in [0.2, 0.25) is 0 Å². The third kappa shape index (κ3) is 4.79. The van der Waals surface area contributed by atoms with E-state index in [1.54, 1.807) is 0 Å². The average molecular weight is 552 g/mol. The van der Waals surface area contributed by atoms with Gasteiger partial charge in [-0.2, -0.15) is 0 Å². The summed E-state index contributed by atoms with van der Waals surface area (Å²) in [7, 11) is 0. The maximum absolute atomic E-state index is 4.55. The molecule has 0 unspecified atom stereocenters. The van der Waals surface area contributed by atoms with Crippen LogP contribution in [0.4, 0.5) is 11.4 Å². The quantitative estimate of drug-likeness (QED) is 0.186. The van der Waals surface area contributed by atoms with Crippen molar-refractivity contribution < 1.29 is 0 Å². The molecule has 0 fully saturated rings. The Hall–Kier alpha value is -5.40. The predicted octanol–water partition coefficient (Wildman–Crippen LogP) is 11.8. The number of fused-ring (bicyclic) bond motifs is 2. The molecule has 43 heavy (non-hydrogen) atoms. The number of anilines is 2. The molecule has 0 atom stereocenters. The molecule has 0 heterocycles. The van der Waals surface area contributed by atoms with Gasteiger partial charge >= 0.3 is 0 Å². The van der Waals surface area contributed by atoms with Crippen molar-refractivity contribution in [3.05, 3.63) is 175 Å². The lowest BCUT2D eigenvalue weighted by atomic mass is 9.86. The molecular formula is C42H33N. The van der Waals surface area contributed by atoms with Gasteiger partial charge in [-0.1, -0.05) is 146 Å². The Morgan fingerprint density at radius 3 is 1.42 bits per heavy atom.